The molecule has 28 heavy (non-hydrogen) atoms. The van der Waals surface area contributed by atoms with Crippen molar-refractivity contribution >= 4 is 22.9 Å². The molecule has 1 fully saturated rings. The van der Waals surface area contributed by atoms with E-state index in [1.54, 1.807) is 0 Å². The van der Waals surface area contributed by atoms with Crippen molar-refractivity contribution in [3.05, 3.63) is 60.2 Å². The van der Waals surface area contributed by atoms with Gasteiger partial charge in [0.25, 0.3) is 0 Å². The number of para-hydroxylation sites is 2. The number of imidazole rings is 1. The Labute approximate surface area is 166 Å². The van der Waals surface area contributed by atoms with E-state index in [1.807, 2.05) is 36.4 Å². The number of carbonyl (C=O) groups is 1. The van der Waals surface area contributed by atoms with Crippen molar-refractivity contribution in [2.45, 2.75) is 32.7 Å². The average Bonchev–Trinajstić information content (AvgIpc) is 3.47. The zero-order valence-electron chi connectivity index (χ0n) is 16.6. The Morgan fingerprint density at radius 2 is 1.82 bits per heavy atom. The summed E-state index contributed by atoms with van der Waals surface area (Å²) < 4.78 is 2.14. The molecule has 5 heteroatoms. The Morgan fingerprint density at radius 1 is 1.11 bits per heavy atom. The van der Waals surface area contributed by atoms with Gasteiger partial charge >= 0.3 is 0 Å². The summed E-state index contributed by atoms with van der Waals surface area (Å²) in [5.74, 6) is 1.11. The molecule has 1 saturated carbocycles. The highest BCUT2D eigenvalue weighted by molar-refractivity contribution is 5.95. The molecule has 1 aliphatic carbocycles. The minimum atomic E-state index is 0.0402. The van der Waals surface area contributed by atoms with Crippen LogP contribution in [-0.2, 0) is 11.3 Å². The smallest absolute Gasteiger partial charge is 0.230 e. The monoisotopic (exact) mass is 376 g/mol. The van der Waals surface area contributed by atoms with E-state index in [9.17, 15) is 4.79 Å². The molecular weight excluding hydrogens is 348 g/mol. The van der Waals surface area contributed by atoms with Gasteiger partial charge in [0.15, 0.2) is 0 Å². The number of benzene rings is 2. The molecule has 2 unspecified atom stereocenters. The van der Waals surface area contributed by atoms with Gasteiger partial charge in [0.2, 0.25) is 11.9 Å². The van der Waals surface area contributed by atoms with Gasteiger partial charge in [0, 0.05) is 19.0 Å². The van der Waals surface area contributed by atoms with Crippen LogP contribution < -0.4 is 5.32 Å². The molecule has 4 rings (SSSR count). The molecule has 0 saturated heterocycles. The second-order valence-corrected chi connectivity index (χ2v) is 7.45. The number of hydrogen-bond donors (Lipinski definition) is 1. The van der Waals surface area contributed by atoms with E-state index in [2.05, 4.69) is 46.8 Å². The second kappa shape index (κ2) is 8.15. The van der Waals surface area contributed by atoms with Gasteiger partial charge in [-0.05, 0) is 43.1 Å². The molecule has 1 N–H and O–H groups in total. The summed E-state index contributed by atoms with van der Waals surface area (Å²) >= 11 is 0. The number of likely N-dealkylation sites (N-methyl/N-ethyl adjacent to an activating group) is 1. The van der Waals surface area contributed by atoms with Gasteiger partial charge < -0.3 is 9.47 Å². The molecular formula is C23H28N4O. The highest BCUT2D eigenvalue weighted by Gasteiger charge is 2.44. The summed E-state index contributed by atoms with van der Waals surface area (Å²) in [5, 5.41) is 3.12. The maximum absolute atomic E-state index is 12.9. The van der Waals surface area contributed by atoms with Gasteiger partial charge in [-0.2, -0.15) is 0 Å². The summed E-state index contributed by atoms with van der Waals surface area (Å²) in [7, 11) is 0. The summed E-state index contributed by atoms with van der Waals surface area (Å²) in [6, 6.07) is 18.4. The number of carbonyl (C=O) groups excluding carboxylic acids is 1. The molecule has 1 heterocycles. The summed E-state index contributed by atoms with van der Waals surface area (Å²) in [5.41, 5.74) is 3.24. The third-order valence-corrected chi connectivity index (χ3v) is 5.78. The van der Waals surface area contributed by atoms with Gasteiger partial charge in [-0.25, -0.2) is 4.98 Å². The fourth-order valence-electron chi connectivity index (χ4n) is 3.93. The fraction of sp³-hybridized carbons (Fsp3) is 0.391. The normalized spacial score (nSPS) is 18.5. The van der Waals surface area contributed by atoms with E-state index in [-0.39, 0.29) is 11.8 Å². The predicted molar refractivity (Wildman–Crippen MR) is 113 cm³/mol. The third kappa shape index (κ3) is 3.80. The first kappa shape index (κ1) is 18.7. The van der Waals surface area contributed by atoms with Crippen LogP contribution in [0.1, 0.15) is 31.7 Å². The molecule has 1 amide bonds. The van der Waals surface area contributed by atoms with Crippen LogP contribution in [0.3, 0.4) is 0 Å². The highest BCUT2D eigenvalue weighted by Crippen LogP contribution is 2.47. The van der Waals surface area contributed by atoms with E-state index in [4.69, 9.17) is 4.98 Å². The van der Waals surface area contributed by atoms with Gasteiger partial charge in [0.1, 0.15) is 0 Å². The van der Waals surface area contributed by atoms with Crippen LogP contribution in [0.15, 0.2) is 54.6 Å². The summed E-state index contributed by atoms with van der Waals surface area (Å²) in [6.07, 6.45) is 0.912. The number of aromatic nitrogens is 2. The van der Waals surface area contributed by atoms with E-state index in [0.29, 0.717) is 11.9 Å². The zero-order chi connectivity index (χ0) is 19.5. The molecule has 146 valence electrons. The van der Waals surface area contributed by atoms with Gasteiger partial charge in [-0.15, -0.1) is 0 Å². The predicted octanol–water partition coefficient (Wildman–Crippen LogP) is 4.12. The van der Waals surface area contributed by atoms with Crippen LogP contribution in [0.4, 0.5) is 5.95 Å². The van der Waals surface area contributed by atoms with Crippen molar-refractivity contribution in [3.8, 4) is 0 Å². The van der Waals surface area contributed by atoms with Crippen molar-refractivity contribution in [3.63, 3.8) is 0 Å². The summed E-state index contributed by atoms with van der Waals surface area (Å²) in [4.78, 5) is 19.9. The van der Waals surface area contributed by atoms with Crippen LogP contribution in [0.25, 0.3) is 11.0 Å². The third-order valence-electron chi connectivity index (χ3n) is 5.78. The van der Waals surface area contributed by atoms with E-state index in [1.165, 1.54) is 5.56 Å². The maximum Gasteiger partial charge on any atom is 0.230 e. The Balaban J connectivity index is 1.51. The van der Waals surface area contributed by atoms with Gasteiger partial charge in [-0.1, -0.05) is 56.3 Å². The van der Waals surface area contributed by atoms with E-state index in [0.717, 1.165) is 43.6 Å². The lowest BCUT2D eigenvalue weighted by molar-refractivity contribution is -0.117. The molecule has 2 aromatic carbocycles. The lowest BCUT2D eigenvalue weighted by Gasteiger charge is -2.19. The topological polar surface area (TPSA) is 50.2 Å². The van der Waals surface area contributed by atoms with E-state index < -0.39 is 0 Å². The number of amides is 1. The molecule has 1 aromatic heterocycles. The average molecular weight is 377 g/mol. The Kier molecular flexibility index (Phi) is 5.44. The number of hydrogen-bond acceptors (Lipinski definition) is 3. The quantitative estimate of drug-likeness (QED) is 0.643. The number of fused-ring (bicyclic) bond motifs is 1. The molecule has 0 aliphatic heterocycles. The largest absolute Gasteiger partial charge is 0.309 e. The number of nitrogens with zero attached hydrogens (tertiary/aromatic N) is 3. The first-order valence-electron chi connectivity index (χ1n) is 10.2. The standard InChI is InChI=1S/C23H28N4O/c1-3-26(4-2)14-15-27-21-13-9-8-12-20(21)24-23(27)25-22(28)19-16-18(19)17-10-6-5-7-11-17/h5-13,18-19H,3-4,14-16H2,1-2H3,(H,24,25,28). The lowest BCUT2D eigenvalue weighted by atomic mass is 10.1. The van der Waals surface area contributed by atoms with Crippen molar-refractivity contribution in [2.75, 3.05) is 25.0 Å². The first-order chi connectivity index (χ1) is 13.7. The summed E-state index contributed by atoms with van der Waals surface area (Å²) in [6.45, 7) is 8.14. The van der Waals surface area contributed by atoms with Crippen LogP contribution in [0.5, 0.6) is 0 Å². The minimum absolute atomic E-state index is 0.0402. The van der Waals surface area contributed by atoms with Gasteiger partial charge in [-0.3, -0.25) is 10.1 Å². The van der Waals surface area contributed by atoms with Crippen LogP contribution in [-0.4, -0.2) is 40.0 Å². The minimum Gasteiger partial charge on any atom is -0.309 e. The Bertz CT molecular complexity index is 946. The van der Waals surface area contributed by atoms with Crippen molar-refractivity contribution in [2.24, 2.45) is 5.92 Å². The molecule has 0 spiro atoms. The SMILES string of the molecule is CCN(CC)CCn1c(NC(=O)C2CC2c2ccccc2)nc2ccccc21. The molecule has 2 atom stereocenters. The van der Waals surface area contributed by atoms with Crippen LogP contribution in [0, 0.1) is 5.92 Å². The van der Waals surface area contributed by atoms with Gasteiger partial charge in [0.05, 0.1) is 11.0 Å². The second-order valence-electron chi connectivity index (χ2n) is 7.45. The molecule has 0 radical (unpaired) electrons. The Hall–Kier alpha value is -2.66. The zero-order valence-corrected chi connectivity index (χ0v) is 16.6. The Morgan fingerprint density at radius 3 is 2.57 bits per heavy atom. The van der Waals surface area contributed by atoms with Crippen molar-refractivity contribution < 1.29 is 4.79 Å². The van der Waals surface area contributed by atoms with Crippen molar-refractivity contribution in [1.29, 1.82) is 0 Å². The molecule has 3 aromatic rings. The first-order valence-corrected chi connectivity index (χ1v) is 10.2. The molecule has 5 nitrogen and oxygen atoms in total. The molecule has 1 aliphatic rings. The molecule has 0 bridgehead atoms. The maximum atomic E-state index is 12.9. The van der Waals surface area contributed by atoms with Crippen LogP contribution >= 0.6 is 0 Å². The van der Waals surface area contributed by atoms with Crippen molar-refractivity contribution in [1.82, 2.24) is 14.5 Å². The number of nitrogens with one attached hydrogen (secondary N) is 1. The number of anilines is 1. The fourth-order valence-corrected chi connectivity index (χ4v) is 3.93. The van der Waals surface area contributed by atoms with E-state index >= 15 is 0 Å². The van der Waals surface area contributed by atoms with Crippen LogP contribution in [0.2, 0.25) is 0 Å². The lowest BCUT2D eigenvalue weighted by Crippen LogP contribution is -2.28. The highest BCUT2D eigenvalue weighted by atomic mass is 16.2. The number of rotatable bonds is 8.